The van der Waals surface area contributed by atoms with E-state index in [1.165, 1.54) is 19.3 Å². The quantitative estimate of drug-likeness (QED) is 0.846. The summed E-state index contributed by atoms with van der Waals surface area (Å²) in [5.74, 6) is 0.424. The van der Waals surface area contributed by atoms with Crippen LogP contribution < -0.4 is 10.2 Å². The van der Waals surface area contributed by atoms with Gasteiger partial charge in [-0.05, 0) is 25.0 Å². The van der Waals surface area contributed by atoms with Gasteiger partial charge < -0.3 is 9.84 Å². The lowest BCUT2D eigenvalue weighted by atomic mass is 10.2. The number of benzene rings is 1. The largest absolute Gasteiger partial charge is 0.488 e. The molecule has 0 radical (unpaired) electrons. The van der Waals surface area contributed by atoms with Gasteiger partial charge in [0.15, 0.2) is 5.75 Å². The minimum absolute atomic E-state index is 0.157. The Hall–Kier alpha value is -0.520. The molecule has 1 saturated heterocycles. The number of nitrogens with one attached hydrogen (secondary N) is 1. The molecule has 1 atom stereocenters. The van der Waals surface area contributed by atoms with E-state index in [1.807, 2.05) is 0 Å². The second-order valence-corrected chi connectivity index (χ2v) is 5.74. The first-order valence-electron chi connectivity index (χ1n) is 6.90. The van der Waals surface area contributed by atoms with Crippen LogP contribution >= 0.6 is 23.2 Å². The Balaban J connectivity index is 1.73. The summed E-state index contributed by atoms with van der Waals surface area (Å²) >= 11 is 12.0. The van der Waals surface area contributed by atoms with Crippen molar-refractivity contribution in [2.24, 2.45) is 0 Å². The summed E-state index contributed by atoms with van der Waals surface area (Å²) in [5.41, 5.74) is 3.22. The van der Waals surface area contributed by atoms with Gasteiger partial charge in [0.25, 0.3) is 0 Å². The van der Waals surface area contributed by atoms with E-state index in [0.29, 0.717) is 22.3 Å². The average Bonchev–Trinajstić information content (AvgIpc) is 2.46. The zero-order chi connectivity index (χ0) is 14.4. The summed E-state index contributed by atoms with van der Waals surface area (Å²) in [5, 5.41) is 13.0. The van der Waals surface area contributed by atoms with E-state index in [-0.39, 0.29) is 6.61 Å². The van der Waals surface area contributed by atoms with Crippen molar-refractivity contribution in [1.29, 1.82) is 0 Å². The van der Waals surface area contributed by atoms with E-state index in [1.54, 1.807) is 18.2 Å². The number of hydrazine groups is 1. The van der Waals surface area contributed by atoms with E-state index >= 15 is 0 Å². The number of rotatable bonds is 6. The molecule has 0 amide bonds. The molecule has 0 spiro atoms. The predicted molar refractivity (Wildman–Crippen MR) is 81.4 cm³/mol. The molecule has 4 nitrogen and oxygen atoms in total. The first-order chi connectivity index (χ1) is 9.66. The lowest BCUT2D eigenvalue weighted by Gasteiger charge is -2.28. The van der Waals surface area contributed by atoms with Crippen LogP contribution in [0.4, 0.5) is 0 Å². The predicted octanol–water partition coefficient (Wildman–Crippen LogP) is 2.72. The molecule has 0 saturated carbocycles. The average molecular weight is 319 g/mol. The summed E-state index contributed by atoms with van der Waals surface area (Å²) in [6, 6.07) is 5.17. The number of hydrogen-bond acceptors (Lipinski definition) is 4. The van der Waals surface area contributed by atoms with Gasteiger partial charge in [-0.15, -0.1) is 0 Å². The molecule has 1 aliphatic rings. The van der Waals surface area contributed by atoms with Gasteiger partial charge in [-0.25, -0.2) is 5.01 Å². The molecule has 1 aromatic carbocycles. The van der Waals surface area contributed by atoms with Gasteiger partial charge in [0.1, 0.15) is 12.7 Å². The van der Waals surface area contributed by atoms with E-state index in [0.717, 1.165) is 13.1 Å². The minimum atomic E-state index is -0.607. The fourth-order valence-electron chi connectivity index (χ4n) is 2.15. The highest BCUT2D eigenvalue weighted by Crippen LogP contribution is 2.32. The molecule has 0 aliphatic carbocycles. The van der Waals surface area contributed by atoms with Gasteiger partial charge in [0.05, 0.1) is 10.0 Å². The maximum absolute atomic E-state index is 9.92. The van der Waals surface area contributed by atoms with Gasteiger partial charge in [-0.3, -0.25) is 5.43 Å². The van der Waals surface area contributed by atoms with Gasteiger partial charge in [0, 0.05) is 19.6 Å². The Morgan fingerprint density at radius 2 is 1.85 bits per heavy atom. The molecule has 20 heavy (non-hydrogen) atoms. The second kappa shape index (κ2) is 8.05. The molecule has 1 aromatic rings. The number of aliphatic hydroxyl groups excluding tert-OH is 1. The molecule has 2 N–H and O–H groups in total. The Bertz CT molecular complexity index is 405. The Kier molecular flexibility index (Phi) is 6.39. The van der Waals surface area contributed by atoms with Crippen LogP contribution in [0.5, 0.6) is 5.75 Å². The van der Waals surface area contributed by atoms with Crippen molar-refractivity contribution in [2.75, 3.05) is 26.2 Å². The molecule has 0 bridgehead atoms. The van der Waals surface area contributed by atoms with Crippen LogP contribution in [0.1, 0.15) is 19.3 Å². The first kappa shape index (κ1) is 15.9. The van der Waals surface area contributed by atoms with Gasteiger partial charge in [0.2, 0.25) is 0 Å². The fourth-order valence-corrected chi connectivity index (χ4v) is 2.65. The number of ether oxygens (including phenoxy) is 1. The van der Waals surface area contributed by atoms with Crippen molar-refractivity contribution in [3.63, 3.8) is 0 Å². The number of aliphatic hydroxyl groups is 1. The summed E-state index contributed by atoms with van der Waals surface area (Å²) in [7, 11) is 0. The third-order valence-electron chi connectivity index (χ3n) is 3.25. The lowest BCUT2D eigenvalue weighted by Crippen LogP contribution is -2.46. The Morgan fingerprint density at radius 3 is 2.50 bits per heavy atom. The second-order valence-electron chi connectivity index (χ2n) is 4.93. The highest BCUT2D eigenvalue weighted by Gasteiger charge is 2.13. The smallest absolute Gasteiger partial charge is 0.156 e. The summed E-state index contributed by atoms with van der Waals surface area (Å²) in [6.45, 7) is 2.68. The molecule has 6 heteroatoms. The van der Waals surface area contributed by atoms with Crippen LogP contribution in [0.25, 0.3) is 0 Å². The maximum Gasteiger partial charge on any atom is 0.156 e. The zero-order valence-corrected chi connectivity index (χ0v) is 12.8. The molecule has 0 aromatic heterocycles. The first-order valence-corrected chi connectivity index (χ1v) is 7.66. The number of para-hydroxylation sites is 1. The minimum Gasteiger partial charge on any atom is -0.488 e. The number of nitrogens with zero attached hydrogens (tertiary/aromatic N) is 1. The van der Waals surface area contributed by atoms with Gasteiger partial charge in [-0.2, -0.15) is 0 Å². The third-order valence-corrected chi connectivity index (χ3v) is 3.84. The third kappa shape index (κ3) is 4.79. The molecule has 1 fully saturated rings. The molecule has 1 heterocycles. The fraction of sp³-hybridized carbons (Fsp3) is 0.571. The monoisotopic (exact) mass is 318 g/mol. The number of halogens is 2. The topological polar surface area (TPSA) is 44.7 Å². The van der Waals surface area contributed by atoms with Crippen LogP contribution in [0.3, 0.4) is 0 Å². The SMILES string of the molecule is OC(CNN1CCCCC1)COc1c(Cl)cccc1Cl. The number of hydrogen-bond donors (Lipinski definition) is 2. The zero-order valence-electron chi connectivity index (χ0n) is 11.3. The standard InChI is InChI=1S/C14H20Cl2N2O2/c15-12-5-4-6-13(16)14(12)20-10-11(19)9-17-18-7-2-1-3-8-18/h4-6,11,17,19H,1-3,7-10H2. The molecule has 1 unspecified atom stereocenters. The van der Waals surface area contributed by atoms with E-state index in [9.17, 15) is 5.11 Å². The van der Waals surface area contributed by atoms with Crippen molar-refractivity contribution >= 4 is 23.2 Å². The molecule has 2 rings (SSSR count). The summed E-state index contributed by atoms with van der Waals surface area (Å²) in [6.07, 6.45) is 3.09. The Labute approximate surface area is 129 Å². The normalized spacial score (nSPS) is 17.9. The maximum atomic E-state index is 9.92. The van der Waals surface area contributed by atoms with Crippen molar-refractivity contribution in [3.8, 4) is 5.75 Å². The van der Waals surface area contributed by atoms with Crippen LogP contribution in [0.2, 0.25) is 10.0 Å². The van der Waals surface area contributed by atoms with Gasteiger partial charge in [-0.1, -0.05) is 35.7 Å². The van der Waals surface area contributed by atoms with Crippen LogP contribution in [-0.2, 0) is 0 Å². The highest BCUT2D eigenvalue weighted by atomic mass is 35.5. The molecular weight excluding hydrogens is 299 g/mol. The van der Waals surface area contributed by atoms with Crippen molar-refractivity contribution in [2.45, 2.75) is 25.4 Å². The van der Waals surface area contributed by atoms with Crippen molar-refractivity contribution in [3.05, 3.63) is 28.2 Å². The van der Waals surface area contributed by atoms with E-state index in [4.69, 9.17) is 27.9 Å². The summed E-state index contributed by atoms with van der Waals surface area (Å²) in [4.78, 5) is 0. The Morgan fingerprint density at radius 1 is 1.20 bits per heavy atom. The van der Waals surface area contributed by atoms with Gasteiger partial charge >= 0.3 is 0 Å². The highest BCUT2D eigenvalue weighted by molar-refractivity contribution is 6.37. The number of piperidine rings is 1. The lowest BCUT2D eigenvalue weighted by molar-refractivity contribution is 0.0684. The van der Waals surface area contributed by atoms with E-state index < -0.39 is 6.10 Å². The van der Waals surface area contributed by atoms with Crippen molar-refractivity contribution < 1.29 is 9.84 Å². The van der Waals surface area contributed by atoms with E-state index in [2.05, 4.69) is 10.4 Å². The van der Waals surface area contributed by atoms with Crippen LogP contribution in [0, 0.1) is 0 Å². The molecule has 112 valence electrons. The van der Waals surface area contributed by atoms with Crippen molar-refractivity contribution in [1.82, 2.24) is 10.4 Å². The van der Waals surface area contributed by atoms with Crippen LogP contribution in [-0.4, -0.2) is 42.5 Å². The summed E-state index contributed by atoms with van der Waals surface area (Å²) < 4.78 is 5.50. The molecular formula is C14H20Cl2N2O2. The van der Waals surface area contributed by atoms with Crippen LogP contribution in [0.15, 0.2) is 18.2 Å². The molecule has 1 aliphatic heterocycles.